The molecular formula is C22H30N2O3. The third kappa shape index (κ3) is 2.17. The molecule has 2 heterocycles. The maximum absolute atomic E-state index is 13.5. The standard InChI is InChI=1S/C22H30N2O3/c1-4-5-15-24-18(16-9-11-17(27-3)12-10-16)22(20(24)26)19(25)23(2)21(22)13-7-6-8-14-21/h9-12,18H,4-8,13-15H2,1-3H3/t18-,22+/m0/s1. The van der Waals surface area contributed by atoms with E-state index in [0.29, 0.717) is 0 Å². The first-order chi connectivity index (χ1) is 13.0. The molecule has 2 saturated heterocycles. The first kappa shape index (κ1) is 18.3. The van der Waals surface area contributed by atoms with Crippen molar-refractivity contribution in [3.05, 3.63) is 29.8 Å². The fourth-order valence-corrected chi connectivity index (χ4v) is 5.80. The molecule has 0 N–H and O–H groups in total. The smallest absolute Gasteiger partial charge is 0.243 e. The summed E-state index contributed by atoms with van der Waals surface area (Å²) in [6.07, 6.45) is 7.26. The maximum Gasteiger partial charge on any atom is 0.243 e. The Hall–Kier alpha value is -2.04. The van der Waals surface area contributed by atoms with Crippen molar-refractivity contribution in [3.8, 4) is 5.75 Å². The summed E-state index contributed by atoms with van der Waals surface area (Å²) in [4.78, 5) is 30.5. The van der Waals surface area contributed by atoms with Crippen molar-refractivity contribution in [2.75, 3.05) is 20.7 Å². The second-order valence-corrected chi connectivity index (χ2v) is 8.29. The number of likely N-dealkylation sites (tertiary alicyclic amines) is 2. The van der Waals surface area contributed by atoms with Gasteiger partial charge in [-0.1, -0.05) is 44.7 Å². The van der Waals surface area contributed by atoms with Crippen LogP contribution in [0.3, 0.4) is 0 Å². The highest BCUT2D eigenvalue weighted by atomic mass is 16.5. The van der Waals surface area contributed by atoms with Gasteiger partial charge in [-0.15, -0.1) is 0 Å². The molecule has 5 heteroatoms. The van der Waals surface area contributed by atoms with E-state index in [-0.39, 0.29) is 23.4 Å². The molecule has 0 bridgehead atoms. The van der Waals surface area contributed by atoms with Crippen molar-refractivity contribution in [3.63, 3.8) is 0 Å². The second-order valence-electron chi connectivity index (χ2n) is 8.29. The van der Waals surface area contributed by atoms with Crippen LogP contribution in [0.4, 0.5) is 0 Å². The lowest BCUT2D eigenvalue weighted by molar-refractivity contribution is -0.241. The fourth-order valence-electron chi connectivity index (χ4n) is 5.80. The molecule has 1 aromatic rings. The number of β-lactam (4-membered cyclic amide) rings is 2. The van der Waals surface area contributed by atoms with Gasteiger partial charge in [0.1, 0.15) is 5.75 Å². The molecule has 2 amide bonds. The lowest BCUT2D eigenvalue weighted by Crippen LogP contribution is -2.89. The zero-order chi connectivity index (χ0) is 19.2. The van der Waals surface area contributed by atoms with E-state index in [1.54, 1.807) is 7.11 Å². The number of rotatable bonds is 5. The van der Waals surface area contributed by atoms with E-state index in [0.717, 1.165) is 56.4 Å². The Morgan fingerprint density at radius 3 is 2.33 bits per heavy atom. The highest BCUT2D eigenvalue weighted by molar-refractivity contribution is 6.16. The summed E-state index contributed by atoms with van der Waals surface area (Å²) in [6, 6.07) is 7.77. The Morgan fingerprint density at radius 2 is 1.74 bits per heavy atom. The van der Waals surface area contributed by atoms with Crippen LogP contribution in [0, 0.1) is 5.41 Å². The fraction of sp³-hybridized carbons (Fsp3) is 0.636. The summed E-state index contributed by atoms with van der Waals surface area (Å²) in [5, 5.41) is 0. The lowest BCUT2D eigenvalue weighted by atomic mass is 9.46. The largest absolute Gasteiger partial charge is 0.497 e. The molecule has 0 unspecified atom stereocenters. The summed E-state index contributed by atoms with van der Waals surface area (Å²) < 4.78 is 5.30. The zero-order valence-electron chi connectivity index (χ0n) is 16.7. The predicted octanol–water partition coefficient (Wildman–Crippen LogP) is 3.54. The van der Waals surface area contributed by atoms with Gasteiger partial charge in [-0.2, -0.15) is 0 Å². The number of nitrogens with zero attached hydrogens (tertiary/aromatic N) is 2. The summed E-state index contributed by atoms with van der Waals surface area (Å²) in [5.41, 5.74) is -0.130. The van der Waals surface area contributed by atoms with Gasteiger partial charge in [0.2, 0.25) is 11.8 Å². The van der Waals surface area contributed by atoms with Gasteiger partial charge >= 0.3 is 0 Å². The molecule has 146 valence electrons. The normalized spacial score (nSPS) is 29.1. The highest BCUT2D eigenvalue weighted by Crippen LogP contribution is 2.68. The zero-order valence-corrected chi connectivity index (χ0v) is 16.7. The minimum Gasteiger partial charge on any atom is -0.497 e. The van der Waals surface area contributed by atoms with Gasteiger partial charge in [0.15, 0.2) is 5.41 Å². The number of hydrogen-bond acceptors (Lipinski definition) is 3. The van der Waals surface area contributed by atoms with Crippen molar-refractivity contribution >= 4 is 11.8 Å². The average molecular weight is 370 g/mol. The van der Waals surface area contributed by atoms with Gasteiger partial charge in [-0.25, -0.2) is 0 Å². The van der Waals surface area contributed by atoms with Gasteiger partial charge in [-0.3, -0.25) is 9.59 Å². The highest BCUT2D eigenvalue weighted by Gasteiger charge is 2.83. The summed E-state index contributed by atoms with van der Waals surface area (Å²) in [5.74, 6) is 0.868. The van der Waals surface area contributed by atoms with E-state index in [1.807, 2.05) is 41.1 Å². The molecule has 2 aliphatic heterocycles. The third-order valence-electron chi connectivity index (χ3n) is 7.20. The van der Waals surface area contributed by atoms with Crippen molar-refractivity contribution in [2.24, 2.45) is 5.41 Å². The predicted molar refractivity (Wildman–Crippen MR) is 103 cm³/mol. The first-order valence-electron chi connectivity index (χ1n) is 10.3. The van der Waals surface area contributed by atoms with Gasteiger partial charge in [0, 0.05) is 13.6 Å². The van der Waals surface area contributed by atoms with Crippen LogP contribution in [0.1, 0.15) is 63.5 Å². The van der Waals surface area contributed by atoms with E-state index < -0.39 is 5.41 Å². The molecule has 2 atom stereocenters. The Labute approximate surface area is 161 Å². The van der Waals surface area contributed by atoms with Gasteiger partial charge in [-0.05, 0) is 37.0 Å². The van der Waals surface area contributed by atoms with Gasteiger partial charge in [0.25, 0.3) is 0 Å². The van der Waals surface area contributed by atoms with E-state index in [2.05, 4.69) is 6.92 Å². The van der Waals surface area contributed by atoms with Crippen LogP contribution in [-0.2, 0) is 9.59 Å². The molecule has 2 spiro atoms. The number of fused-ring (bicyclic) bond motifs is 1. The molecule has 0 radical (unpaired) electrons. The molecule has 3 fully saturated rings. The number of carbonyl (C=O) groups excluding carboxylic acids is 2. The summed E-state index contributed by atoms with van der Waals surface area (Å²) in [7, 11) is 3.55. The SMILES string of the molecule is CCCCN1C(=O)[C@]2(C(=O)N(C)C23CCCCC3)[C@@H]1c1ccc(OC)cc1. The molecule has 1 aliphatic carbocycles. The lowest BCUT2D eigenvalue weighted by Gasteiger charge is -2.73. The van der Waals surface area contributed by atoms with E-state index in [9.17, 15) is 9.59 Å². The topological polar surface area (TPSA) is 49.9 Å². The van der Waals surface area contributed by atoms with Crippen LogP contribution < -0.4 is 4.74 Å². The Morgan fingerprint density at radius 1 is 1.07 bits per heavy atom. The van der Waals surface area contributed by atoms with Crippen LogP contribution >= 0.6 is 0 Å². The molecule has 1 aromatic carbocycles. The molecular weight excluding hydrogens is 340 g/mol. The molecule has 4 rings (SSSR count). The van der Waals surface area contributed by atoms with Crippen LogP contribution in [0.25, 0.3) is 0 Å². The molecule has 3 aliphatic rings. The van der Waals surface area contributed by atoms with E-state index in [4.69, 9.17) is 4.74 Å². The number of methoxy groups -OCH3 is 1. The number of benzene rings is 1. The van der Waals surface area contributed by atoms with E-state index in [1.165, 1.54) is 6.42 Å². The summed E-state index contributed by atoms with van der Waals surface area (Å²) >= 11 is 0. The third-order valence-corrected chi connectivity index (χ3v) is 7.20. The van der Waals surface area contributed by atoms with Gasteiger partial charge in [0.05, 0.1) is 18.7 Å². The number of ether oxygens (including phenoxy) is 1. The summed E-state index contributed by atoms with van der Waals surface area (Å²) in [6.45, 7) is 2.86. The average Bonchev–Trinajstić information content (AvgIpc) is 2.72. The van der Waals surface area contributed by atoms with Crippen LogP contribution in [0.2, 0.25) is 0 Å². The number of carbonyl (C=O) groups is 2. The van der Waals surface area contributed by atoms with Crippen LogP contribution in [0.15, 0.2) is 24.3 Å². The minimum atomic E-state index is -0.884. The number of hydrogen-bond donors (Lipinski definition) is 0. The second kappa shape index (κ2) is 6.54. The monoisotopic (exact) mass is 370 g/mol. The Kier molecular flexibility index (Phi) is 4.44. The quantitative estimate of drug-likeness (QED) is 0.588. The minimum absolute atomic E-state index is 0.0166. The van der Waals surface area contributed by atoms with Crippen molar-refractivity contribution in [1.82, 2.24) is 9.80 Å². The van der Waals surface area contributed by atoms with Crippen molar-refractivity contribution < 1.29 is 14.3 Å². The van der Waals surface area contributed by atoms with Gasteiger partial charge < -0.3 is 14.5 Å². The molecule has 0 aromatic heterocycles. The Bertz CT molecular complexity index is 738. The van der Waals surface area contributed by atoms with Crippen LogP contribution in [-0.4, -0.2) is 47.9 Å². The Balaban J connectivity index is 1.77. The number of amides is 2. The number of unbranched alkanes of at least 4 members (excludes halogenated alkanes) is 1. The molecule has 5 nitrogen and oxygen atoms in total. The van der Waals surface area contributed by atoms with Crippen molar-refractivity contribution in [1.29, 1.82) is 0 Å². The maximum atomic E-state index is 13.5. The van der Waals surface area contributed by atoms with Crippen molar-refractivity contribution in [2.45, 2.75) is 63.5 Å². The molecule has 1 saturated carbocycles. The van der Waals surface area contributed by atoms with E-state index >= 15 is 0 Å². The van der Waals surface area contributed by atoms with Crippen LogP contribution in [0.5, 0.6) is 5.75 Å². The molecule has 27 heavy (non-hydrogen) atoms. The first-order valence-corrected chi connectivity index (χ1v) is 10.3.